The van der Waals surface area contributed by atoms with Crippen molar-refractivity contribution in [2.75, 3.05) is 131 Å². The van der Waals surface area contributed by atoms with Crippen LogP contribution in [0.4, 0.5) is 22.7 Å². The van der Waals surface area contributed by atoms with E-state index in [4.69, 9.17) is 55.6 Å². The van der Waals surface area contributed by atoms with E-state index >= 15 is 0 Å². The van der Waals surface area contributed by atoms with Crippen LogP contribution in [0.5, 0.6) is 5.88 Å². The molecule has 8 aliphatic heterocycles. The van der Waals surface area contributed by atoms with Crippen LogP contribution in [0.3, 0.4) is 0 Å². The number of hydrogen-bond acceptors (Lipinski definition) is 13. The summed E-state index contributed by atoms with van der Waals surface area (Å²) in [4.78, 5) is 87.3. The van der Waals surface area contributed by atoms with Crippen molar-refractivity contribution < 1.29 is 28.3 Å². The van der Waals surface area contributed by atoms with Crippen molar-refractivity contribution in [2.24, 2.45) is 0 Å². The second-order valence-electron chi connectivity index (χ2n) is 35.0. The third-order valence-electron chi connectivity index (χ3n) is 26.8. The standard InChI is InChI=1S/C27H27ClN4O.C26H26ClN5O.C26H25ClN4O3.C24H25ClN4O2/c28-23-5-3-20(4-6-23)22-18-26-27(33)32(16-15-31(26)19-22)24-7-8-25-21(17-24)9-12-30(25)14-13-29-10-1-2-11-29;27-22-5-3-19(4-6-22)21-16-25-26(33)31(13-12-30(25)18-21)23-7-8-24-20(15-23)17-28-32(24)14-11-29-9-1-2-10-29;27-20-5-3-18(4-6-20)19-15-23-25(32)30(14-12-29(23)17-19)21-7-8-22-24(16-21)34-26(33)31(22)13-11-28-9-1-2-10-28;25-20-5-3-18(4-6-20)19-15-22-24(30)29(12-11-28(22)17-19)21-7-8-23(26-16-21)31-14-13-27-9-1-2-10-27/h3-9,12,17-19H,1-2,10-11,13-16H2;3-8,15-18H,1-2,9-14H2;3-8,15-17H,1-2,9-14H2;3-8,15-17H,1-2,9-14H2. The third-order valence-corrected chi connectivity index (χ3v) is 27.8. The molecule has 0 bridgehead atoms. The number of likely N-dealkylation sites (tertiary alicyclic amines) is 4. The van der Waals surface area contributed by atoms with E-state index in [-0.39, 0.29) is 29.4 Å². The Kier molecular flexibility index (Phi) is 25.6. The summed E-state index contributed by atoms with van der Waals surface area (Å²) in [6.45, 7) is 21.8. The number of pyridine rings is 1. The Bertz CT molecular complexity index is 6510. The molecular formula is C103H103Cl4N17O7. The lowest BCUT2D eigenvalue weighted by molar-refractivity contribution is 0.0957. The summed E-state index contributed by atoms with van der Waals surface area (Å²) in [6, 6.07) is 62.8. The van der Waals surface area contributed by atoms with E-state index < -0.39 is 0 Å². The molecule has 24 nitrogen and oxygen atoms in total. The van der Waals surface area contributed by atoms with Crippen molar-refractivity contribution in [3.05, 3.63) is 291 Å². The number of carbonyl (C=O) groups is 4. The fourth-order valence-corrected chi connectivity index (χ4v) is 20.0. The Balaban J connectivity index is 0.000000109. The van der Waals surface area contributed by atoms with Crippen molar-refractivity contribution in [1.82, 2.24) is 61.8 Å². The summed E-state index contributed by atoms with van der Waals surface area (Å²) < 4.78 is 25.6. The third kappa shape index (κ3) is 19.1. The van der Waals surface area contributed by atoms with Crippen LogP contribution < -0.4 is 30.1 Å². The van der Waals surface area contributed by atoms with Crippen LogP contribution in [0.2, 0.25) is 20.1 Å². The Morgan fingerprint density at radius 2 is 0.679 bits per heavy atom. The zero-order chi connectivity index (χ0) is 89.2. The maximum atomic E-state index is 13.4. The van der Waals surface area contributed by atoms with Crippen LogP contribution in [-0.2, 0) is 45.8 Å². The molecule has 131 heavy (non-hydrogen) atoms. The molecule has 0 N–H and O–H groups in total. The van der Waals surface area contributed by atoms with E-state index in [0.29, 0.717) is 94.5 Å². The van der Waals surface area contributed by atoms with E-state index in [1.165, 1.54) is 88.4 Å². The Hall–Kier alpha value is -12.2. The van der Waals surface area contributed by atoms with Gasteiger partial charge < -0.3 is 66.3 Å². The lowest BCUT2D eigenvalue weighted by Gasteiger charge is -2.28. The average Bonchev–Trinajstić information content (AvgIpc) is 1.62. The van der Waals surface area contributed by atoms with Gasteiger partial charge in [0.25, 0.3) is 23.6 Å². The molecule has 7 aromatic carbocycles. The van der Waals surface area contributed by atoms with E-state index in [9.17, 15) is 24.0 Å². The van der Waals surface area contributed by atoms with Gasteiger partial charge >= 0.3 is 5.76 Å². The van der Waals surface area contributed by atoms with Crippen molar-refractivity contribution >= 4 is 126 Å². The number of oxazole rings is 1. The fourth-order valence-electron chi connectivity index (χ4n) is 19.5. The van der Waals surface area contributed by atoms with Gasteiger partial charge in [0.05, 0.1) is 35.7 Å². The second kappa shape index (κ2) is 38.7. The number of amides is 4. The van der Waals surface area contributed by atoms with Gasteiger partial charge in [-0.3, -0.25) is 33.3 Å². The van der Waals surface area contributed by atoms with Gasteiger partial charge in [-0.05, 0) is 259 Å². The normalized spacial score (nSPS) is 16.6. The number of ether oxygens (including phenoxy) is 1. The minimum absolute atomic E-state index is 0.0176. The van der Waals surface area contributed by atoms with Crippen LogP contribution in [0, 0.1) is 0 Å². The molecule has 15 aromatic rings. The van der Waals surface area contributed by atoms with E-state index in [2.05, 4.69) is 103 Å². The second-order valence-corrected chi connectivity index (χ2v) is 36.8. The van der Waals surface area contributed by atoms with E-state index in [1.54, 1.807) is 26.6 Å². The number of anilines is 4. The lowest BCUT2D eigenvalue weighted by Crippen LogP contribution is -2.39. The number of halogens is 4. The molecule has 8 aromatic heterocycles. The van der Waals surface area contributed by atoms with Crippen molar-refractivity contribution in [3.8, 4) is 50.4 Å². The number of nitrogens with zero attached hydrogens (tertiary/aromatic N) is 17. The highest BCUT2D eigenvalue weighted by atomic mass is 35.5. The predicted octanol–water partition coefficient (Wildman–Crippen LogP) is 19.2. The summed E-state index contributed by atoms with van der Waals surface area (Å²) in [5.74, 6) is 0.243. The van der Waals surface area contributed by atoms with Crippen LogP contribution in [0.25, 0.3) is 77.4 Å². The molecule has 4 saturated heterocycles. The SMILES string of the molecule is O=C1c2cc(-c3ccc(Cl)cc3)cn2CCN1c1ccc(OCCN2CCCC2)nc1.O=C1c2cc(-c3ccc(Cl)cc3)cn2CCN1c1ccc2c(c1)oc(=O)n2CCN1CCCC1.O=C1c2cc(-c3ccc(Cl)cc3)cn2CCN1c1ccc2c(ccn2CCN2CCCC2)c1.O=C1c2cc(-c3ccc(Cl)cc3)cn2CCN1c1ccc2c(cnn2CCN2CCCC2)c1. The Morgan fingerprint density at radius 1 is 0.313 bits per heavy atom. The molecule has 0 radical (unpaired) electrons. The van der Waals surface area contributed by atoms with E-state index in [0.717, 1.165) is 174 Å². The van der Waals surface area contributed by atoms with Crippen LogP contribution in [0.15, 0.2) is 247 Å². The molecule has 8 aliphatic rings. The molecule has 670 valence electrons. The first kappa shape index (κ1) is 86.8. The molecule has 4 amide bonds. The van der Waals surface area contributed by atoms with Gasteiger partial charge in [0.2, 0.25) is 5.88 Å². The van der Waals surface area contributed by atoms with Gasteiger partial charge in [-0.15, -0.1) is 0 Å². The van der Waals surface area contributed by atoms with Gasteiger partial charge in [-0.1, -0.05) is 94.9 Å². The monoisotopic (exact) mass is 1830 g/mol. The summed E-state index contributed by atoms with van der Waals surface area (Å²) in [7, 11) is 0. The van der Waals surface area contributed by atoms with Crippen molar-refractivity contribution in [3.63, 3.8) is 0 Å². The zero-order valence-corrected chi connectivity index (χ0v) is 76.1. The summed E-state index contributed by atoms with van der Waals surface area (Å²) >= 11 is 24.1. The molecule has 4 fully saturated rings. The van der Waals surface area contributed by atoms with Crippen molar-refractivity contribution in [1.29, 1.82) is 0 Å². The Labute approximate surface area is 780 Å². The molecule has 28 heteroatoms. The first-order valence-corrected chi connectivity index (χ1v) is 47.3. The minimum atomic E-state index is -0.349. The number of aromatic nitrogens is 9. The smallest absolute Gasteiger partial charge is 0.419 e. The van der Waals surface area contributed by atoms with E-state index in [1.807, 2.05) is 189 Å². The number of carbonyl (C=O) groups excluding carboxylic acids is 4. The van der Waals surface area contributed by atoms with Gasteiger partial charge in [0.15, 0.2) is 5.58 Å². The fraction of sp³-hybridized carbons (Fsp3) is 0.311. The predicted molar refractivity (Wildman–Crippen MR) is 521 cm³/mol. The highest BCUT2D eigenvalue weighted by molar-refractivity contribution is 6.31. The molecule has 0 aliphatic carbocycles. The summed E-state index contributed by atoms with van der Waals surface area (Å²) in [5, 5.41) is 9.68. The highest BCUT2D eigenvalue weighted by Gasteiger charge is 2.33. The van der Waals surface area contributed by atoms with Crippen LogP contribution >= 0.6 is 46.4 Å². The quantitative estimate of drug-likeness (QED) is 0.0660. The molecule has 0 spiro atoms. The summed E-state index contributed by atoms with van der Waals surface area (Å²) in [5.41, 5.74) is 18.1. The topological polar surface area (TPSA) is 194 Å². The maximum absolute atomic E-state index is 13.4. The van der Waals surface area contributed by atoms with Gasteiger partial charge in [0.1, 0.15) is 29.4 Å². The number of hydrogen-bond donors (Lipinski definition) is 0. The molecule has 0 unspecified atom stereocenters. The minimum Gasteiger partial charge on any atom is -0.476 e. The number of fused-ring (bicyclic) bond motifs is 7. The maximum Gasteiger partial charge on any atom is 0.419 e. The van der Waals surface area contributed by atoms with Gasteiger partial charge in [-0.25, -0.2) is 9.78 Å². The van der Waals surface area contributed by atoms with Crippen LogP contribution in [-0.4, -0.2) is 197 Å². The molecule has 0 saturated carbocycles. The average molecular weight is 1830 g/mol. The highest BCUT2D eigenvalue weighted by Crippen LogP contribution is 2.37. The van der Waals surface area contributed by atoms with Crippen molar-refractivity contribution in [2.45, 2.75) is 97.2 Å². The molecule has 0 atom stereocenters. The lowest BCUT2D eigenvalue weighted by atomic mass is 10.1. The van der Waals surface area contributed by atoms with Gasteiger partial charge in [-0.2, -0.15) is 5.10 Å². The first-order valence-electron chi connectivity index (χ1n) is 45.8. The zero-order valence-electron chi connectivity index (χ0n) is 73.1. The number of benzene rings is 7. The Morgan fingerprint density at radius 3 is 1.10 bits per heavy atom. The molecule has 16 heterocycles. The molecule has 23 rings (SSSR count). The first-order chi connectivity index (χ1) is 64.0. The van der Waals surface area contributed by atoms with Gasteiger partial charge in [0, 0.05) is 210 Å². The molecular weight excluding hydrogens is 1730 g/mol. The largest absolute Gasteiger partial charge is 0.476 e. The van der Waals surface area contributed by atoms with Crippen LogP contribution in [0.1, 0.15) is 93.3 Å². The number of rotatable bonds is 21. The summed E-state index contributed by atoms with van der Waals surface area (Å²) in [6.07, 6.45) is 24.2.